The molecule has 3 aromatic rings. The Hall–Kier alpha value is -2.55. The molecule has 0 aliphatic carbocycles. The van der Waals surface area contributed by atoms with Crippen molar-refractivity contribution in [1.29, 1.82) is 0 Å². The molecular weight excluding hydrogens is 294 g/mol. The van der Waals surface area contributed by atoms with E-state index in [9.17, 15) is 0 Å². The minimum Gasteiger partial charge on any atom is -0.213 e. The summed E-state index contributed by atoms with van der Waals surface area (Å²) in [6.07, 6.45) is 3.48. The Morgan fingerprint density at radius 1 is 0.750 bits per heavy atom. The lowest BCUT2D eigenvalue weighted by Crippen LogP contribution is -2.06. The zero-order chi connectivity index (χ0) is 16.8. The lowest BCUT2D eigenvalue weighted by molar-refractivity contribution is 0.594. The van der Waals surface area contributed by atoms with E-state index in [1.54, 1.807) is 0 Å². The van der Waals surface area contributed by atoms with Gasteiger partial charge in [-0.2, -0.15) is 0 Å². The Labute approximate surface area is 143 Å². The molecule has 0 aliphatic rings. The van der Waals surface area contributed by atoms with Gasteiger partial charge in [-0.05, 0) is 6.42 Å². The zero-order valence-electron chi connectivity index (χ0n) is 14.3. The second kappa shape index (κ2) is 7.82. The second-order valence-corrected chi connectivity index (χ2v) is 6.12. The first kappa shape index (κ1) is 16.3. The normalized spacial score (nSPS) is 12.1. The minimum absolute atomic E-state index is 0.331. The zero-order valence-corrected chi connectivity index (χ0v) is 14.3. The average molecular weight is 317 g/mol. The van der Waals surface area contributed by atoms with Crippen molar-refractivity contribution < 1.29 is 0 Å². The molecule has 0 bridgehead atoms. The van der Waals surface area contributed by atoms with E-state index in [0.717, 1.165) is 35.0 Å². The van der Waals surface area contributed by atoms with E-state index in [-0.39, 0.29) is 0 Å². The largest absolute Gasteiger partial charge is 0.213 e. The van der Waals surface area contributed by atoms with Gasteiger partial charge in [0.2, 0.25) is 0 Å². The van der Waals surface area contributed by atoms with Crippen LogP contribution in [0.4, 0.5) is 0 Å². The molecule has 3 heteroatoms. The van der Waals surface area contributed by atoms with Crippen molar-refractivity contribution in [3.8, 4) is 22.8 Å². The third kappa shape index (κ3) is 3.85. The Morgan fingerprint density at radius 3 is 1.71 bits per heavy atom. The number of unbranched alkanes of at least 4 members (excludes halogenated alkanes) is 1. The maximum Gasteiger partial charge on any atom is 0.163 e. The van der Waals surface area contributed by atoms with Crippen molar-refractivity contribution in [2.24, 2.45) is 0 Å². The van der Waals surface area contributed by atoms with Crippen LogP contribution in [0.2, 0.25) is 0 Å². The smallest absolute Gasteiger partial charge is 0.163 e. The van der Waals surface area contributed by atoms with E-state index < -0.39 is 0 Å². The Morgan fingerprint density at radius 2 is 1.25 bits per heavy atom. The van der Waals surface area contributed by atoms with Crippen molar-refractivity contribution in [2.45, 2.75) is 39.0 Å². The summed E-state index contributed by atoms with van der Waals surface area (Å²) in [6.45, 7) is 4.42. The van der Waals surface area contributed by atoms with Crippen LogP contribution in [0.25, 0.3) is 22.8 Å². The molecule has 3 rings (SSSR count). The molecule has 0 saturated heterocycles. The highest BCUT2D eigenvalue weighted by molar-refractivity contribution is 5.60. The van der Waals surface area contributed by atoms with Crippen molar-refractivity contribution in [2.75, 3.05) is 0 Å². The van der Waals surface area contributed by atoms with Crippen molar-refractivity contribution in [3.05, 3.63) is 66.5 Å². The predicted molar refractivity (Wildman–Crippen MR) is 98.6 cm³/mol. The summed E-state index contributed by atoms with van der Waals surface area (Å²) in [5.74, 6) is 2.72. The van der Waals surface area contributed by atoms with Gasteiger partial charge >= 0.3 is 0 Å². The van der Waals surface area contributed by atoms with E-state index in [1.165, 1.54) is 12.8 Å². The fraction of sp³-hybridized carbons (Fsp3) is 0.286. The summed E-state index contributed by atoms with van der Waals surface area (Å²) in [5, 5.41) is 0. The molecule has 0 amide bonds. The number of benzene rings is 2. The molecule has 1 unspecified atom stereocenters. The molecule has 24 heavy (non-hydrogen) atoms. The molecule has 2 aromatic carbocycles. The number of hydrogen-bond acceptors (Lipinski definition) is 3. The topological polar surface area (TPSA) is 38.7 Å². The average Bonchev–Trinajstić information content (AvgIpc) is 2.67. The van der Waals surface area contributed by atoms with Crippen LogP contribution in [-0.2, 0) is 0 Å². The van der Waals surface area contributed by atoms with Gasteiger partial charge in [-0.15, -0.1) is 0 Å². The molecule has 0 aliphatic heterocycles. The van der Waals surface area contributed by atoms with Crippen molar-refractivity contribution in [3.63, 3.8) is 0 Å². The third-order valence-corrected chi connectivity index (χ3v) is 4.15. The first-order valence-electron chi connectivity index (χ1n) is 8.64. The summed E-state index contributed by atoms with van der Waals surface area (Å²) in [6, 6.07) is 20.3. The molecule has 0 radical (unpaired) electrons. The van der Waals surface area contributed by atoms with Gasteiger partial charge in [0, 0.05) is 17.0 Å². The lowest BCUT2D eigenvalue weighted by atomic mass is 10.0. The Kier molecular flexibility index (Phi) is 5.32. The van der Waals surface area contributed by atoms with Gasteiger partial charge in [-0.25, -0.2) is 15.0 Å². The van der Waals surface area contributed by atoms with E-state index in [1.807, 2.05) is 60.7 Å². The molecule has 3 nitrogen and oxygen atoms in total. The minimum atomic E-state index is 0.331. The highest BCUT2D eigenvalue weighted by atomic mass is 15.0. The molecule has 1 aromatic heterocycles. The summed E-state index contributed by atoms with van der Waals surface area (Å²) in [5.41, 5.74) is 2.06. The summed E-state index contributed by atoms with van der Waals surface area (Å²) < 4.78 is 0. The maximum atomic E-state index is 4.76. The van der Waals surface area contributed by atoms with Gasteiger partial charge in [0.25, 0.3) is 0 Å². The van der Waals surface area contributed by atoms with E-state index in [2.05, 4.69) is 13.8 Å². The molecule has 1 atom stereocenters. The predicted octanol–water partition coefficient (Wildman–Crippen LogP) is 5.50. The van der Waals surface area contributed by atoms with Gasteiger partial charge < -0.3 is 0 Å². The van der Waals surface area contributed by atoms with E-state index in [4.69, 9.17) is 15.0 Å². The SMILES string of the molecule is CCCCC(C)c1nc(-c2ccccc2)nc(-c2ccccc2)n1. The molecule has 0 saturated carbocycles. The van der Waals surface area contributed by atoms with Crippen molar-refractivity contribution >= 4 is 0 Å². The Balaban J connectivity index is 2.06. The third-order valence-electron chi connectivity index (χ3n) is 4.15. The van der Waals surface area contributed by atoms with Crippen LogP contribution < -0.4 is 0 Å². The molecule has 0 spiro atoms. The molecular formula is C21H23N3. The van der Waals surface area contributed by atoms with Crippen LogP contribution in [0.1, 0.15) is 44.9 Å². The highest BCUT2D eigenvalue weighted by Crippen LogP contribution is 2.24. The molecule has 1 heterocycles. The van der Waals surface area contributed by atoms with Crippen LogP contribution in [0.15, 0.2) is 60.7 Å². The molecule has 0 N–H and O–H groups in total. The quantitative estimate of drug-likeness (QED) is 0.602. The lowest BCUT2D eigenvalue weighted by Gasteiger charge is -2.12. The first-order valence-corrected chi connectivity index (χ1v) is 8.64. The fourth-order valence-electron chi connectivity index (χ4n) is 2.68. The van der Waals surface area contributed by atoms with Gasteiger partial charge in [0.1, 0.15) is 5.82 Å². The number of nitrogens with zero attached hydrogens (tertiary/aromatic N) is 3. The molecule has 122 valence electrons. The van der Waals surface area contributed by atoms with Crippen LogP contribution in [0.5, 0.6) is 0 Å². The van der Waals surface area contributed by atoms with Crippen LogP contribution in [0, 0.1) is 0 Å². The number of rotatable bonds is 6. The number of aromatic nitrogens is 3. The van der Waals surface area contributed by atoms with Gasteiger partial charge in [-0.3, -0.25) is 0 Å². The monoisotopic (exact) mass is 317 g/mol. The van der Waals surface area contributed by atoms with Gasteiger partial charge in [0.05, 0.1) is 0 Å². The van der Waals surface area contributed by atoms with Crippen molar-refractivity contribution in [1.82, 2.24) is 15.0 Å². The summed E-state index contributed by atoms with van der Waals surface area (Å²) in [4.78, 5) is 14.2. The summed E-state index contributed by atoms with van der Waals surface area (Å²) >= 11 is 0. The van der Waals surface area contributed by atoms with Crippen LogP contribution in [0.3, 0.4) is 0 Å². The van der Waals surface area contributed by atoms with E-state index in [0.29, 0.717) is 5.92 Å². The summed E-state index contributed by atoms with van der Waals surface area (Å²) in [7, 11) is 0. The standard InChI is InChI=1S/C21H23N3/c1-3-4-11-16(2)19-22-20(17-12-7-5-8-13-17)24-21(23-19)18-14-9-6-10-15-18/h5-10,12-16H,3-4,11H2,1-2H3. The Bertz CT molecular complexity index is 712. The number of hydrogen-bond donors (Lipinski definition) is 0. The highest BCUT2D eigenvalue weighted by Gasteiger charge is 2.14. The van der Waals surface area contributed by atoms with Gasteiger partial charge in [0.15, 0.2) is 11.6 Å². The maximum absolute atomic E-state index is 4.76. The molecule has 0 fully saturated rings. The van der Waals surface area contributed by atoms with Crippen LogP contribution in [-0.4, -0.2) is 15.0 Å². The van der Waals surface area contributed by atoms with E-state index >= 15 is 0 Å². The van der Waals surface area contributed by atoms with Crippen LogP contribution >= 0.6 is 0 Å². The van der Waals surface area contributed by atoms with Gasteiger partial charge in [-0.1, -0.05) is 87.4 Å². The fourth-order valence-corrected chi connectivity index (χ4v) is 2.68. The second-order valence-electron chi connectivity index (χ2n) is 6.12. The first-order chi connectivity index (χ1) is 11.8.